The van der Waals surface area contributed by atoms with Crippen LogP contribution in [0.2, 0.25) is 5.02 Å². The highest BCUT2D eigenvalue weighted by Crippen LogP contribution is 2.71. The topological polar surface area (TPSA) is 149 Å². The molecule has 5 N–H and O–H groups in total. The molecule has 1 saturated carbocycles. The molecule has 5 rings (SSSR count). The minimum absolute atomic E-state index is 0.00408. The highest BCUT2D eigenvalue weighted by Gasteiger charge is 2.65. The number of nitrogens with two attached hydrogens (primary N) is 1. The number of anilines is 1. The Morgan fingerprint density at radius 2 is 2.11 bits per heavy atom. The molecule has 36 heavy (non-hydrogen) atoms. The summed E-state index contributed by atoms with van der Waals surface area (Å²) in [5.74, 6) is -0.978. The number of hydrogen-bond donors (Lipinski definition) is 4. The molecule has 2 aromatic heterocycles. The molecule has 2 aromatic rings. The Kier molecular flexibility index (Phi) is 5.61. The van der Waals surface area contributed by atoms with Gasteiger partial charge in [0.05, 0.1) is 20.6 Å². The summed E-state index contributed by atoms with van der Waals surface area (Å²) in [4.78, 5) is 26.0. The number of amidine groups is 1. The molecule has 1 aliphatic carbocycles. The van der Waals surface area contributed by atoms with E-state index in [2.05, 4.69) is 20.0 Å². The Labute approximate surface area is 215 Å². The van der Waals surface area contributed by atoms with E-state index in [4.69, 9.17) is 27.6 Å². The van der Waals surface area contributed by atoms with Gasteiger partial charge in [0.15, 0.2) is 0 Å². The summed E-state index contributed by atoms with van der Waals surface area (Å²) in [5, 5.41) is 11.2. The monoisotopic (exact) mass is 531 g/mol. The maximum absolute atomic E-state index is 15.4. The van der Waals surface area contributed by atoms with E-state index in [9.17, 15) is 9.35 Å². The fraction of sp³-hybridized carbons (Fsp3) is 0.458. The van der Waals surface area contributed by atoms with Crippen LogP contribution in [0.15, 0.2) is 29.4 Å². The van der Waals surface area contributed by atoms with Gasteiger partial charge in [-0.3, -0.25) is 14.5 Å². The summed E-state index contributed by atoms with van der Waals surface area (Å²) in [6, 6.07) is 5.78. The predicted molar refractivity (Wildman–Crippen MR) is 137 cm³/mol. The van der Waals surface area contributed by atoms with Crippen LogP contribution >= 0.6 is 22.1 Å². The van der Waals surface area contributed by atoms with Crippen molar-refractivity contribution in [2.75, 3.05) is 11.9 Å². The predicted octanol–water partition coefficient (Wildman–Crippen LogP) is 4.09. The third-order valence-electron chi connectivity index (χ3n) is 7.78. The summed E-state index contributed by atoms with van der Waals surface area (Å²) in [6.07, 6.45) is 3.98. The third kappa shape index (κ3) is 3.66. The van der Waals surface area contributed by atoms with E-state index in [1.54, 1.807) is 6.92 Å². The molecular weight excluding hydrogens is 505 g/mol. The number of hydrogen-bond acceptors (Lipinski definition) is 8. The van der Waals surface area contributed by atoms with Crippen LogP contribution in [0.1, 0.15) is 61.8 Å². The largest absolute Gasteiger partial charge is 0.386 e. The number of halogens is 2. The van der Waals surface area contributed by atoms with E-state index in [0.717, 1.165) is 12.8 Å². The minimum atomic E-state index is -2.56. The Bertz CT molecular complexity index is 1360. The molecule has 1 unspecified atom stereocenters. The average molecular weight is 532 g/mol. The molecule has 4 heterocycles. The number of nitrogens with one attached hydrogen (secondary N) is 2. The molecule has 0 radical (unpaired) electrons. The molecule has 1 spiro atoms. The number of carbonyl (C=O) groups is 1. The minimum Gasteiger partial charge on any atom is -0.386 e. The molecule has 1 saturated heterocycles. The summed E-state index contributed by atoms with van der Waals surface area (Å²) in [7, 11) is -2.56. The number of fused-ring (bicyclic) bond motifs is 1. The van der Waals surface area contributed by atoms with Crippen LogP contribution in [0.5, 0.6) is 0 Å². The van der Waals surface area contributed by atoms with Crippen molar-refractivity contribution in [3.63, 3.8) is 0 Å². The number of aliphatic imine (C=N–C) groups is 1. The molecule has 1 amide bonds. The first-order valence-corrected chi connectivity index (χ1v) is 13.6. The maximum Gasteiger partial charge on any atom is 0.276 e. The first-order chi connectivity index (χ1) is 16.8. The molecular formula is C24H27ClFN7O2S. The van der Waals surface area contributed by atoms with E-state index in [1.165, 1.54) is 24.4 Å². The van der Waals surface area contributed by atoms with Crippen LogP contribution in [0.4, 0.5) is 10.2 Å². The zero-order valence-corrected chi connectivity index (χ0v) is 21.7. The molecule has 3 aliphatic rings. The third-order valence-corrected chi connectivity index (χ3v) is 11.9. The van der Waals surface area contributed by atoms with Crippen molar-refractivity contribution in [2.24, 2.45) is 16.1 Å². The SMILES string of the molecule is CC1(C)C(N)=N[C@](C)(c2nc(NC(=O)c3ncc(C#N)cc3Cl)ccc2F)[C@H]2CC3(CC3)CNS21O. The number of pyridine rings is 2. The second kappa shape index (κ2) is 8.11. The standard InChI is InChI=1S/C24H27ClFN7O2S/c1-22(2)21(28)33-23(3,16-9-24(6-7-24)12-30-36(16,22)35)19-15(26)4-5-17(31-19)32-20(34)18-14(25)8-13(10-27)11-29-18/h4-5,8,11,16,30,35H,6-7,9,12H2,1-3H3,(H2,28,33)(H,31,32,34)/t16-,23+/m1/s1. The van der Waals surface area contributed by atoms with Gasteiger partial charge in [0.25, 0.3) is 5.91 Å². The van der Waals surface area contributed by atoms with Crippen molar-refractivity contribution in [1.82, 2.24) is 14.7 Å². The second-order valence-electron chi connectivity index (χ2n) is 10.4. The van der Waals surface area contributed by atoms with E-state index in [-0.39, 0.29) is 39.0 Å². The fourth-order valence-electron chi connectivity index (χ4n) is 5.10. The van der Waals surface area contributed by atoms with Gasteiger partial charge in [0, 0.05) is 12.7 Å². The first-order valence-electron chi connectivity index (χ1n) is 11.5. The Morgan fingerprint density at radius 1 is 1.39 bits per heavy atom. The van der Waals surface area contributed by atoms with E-state index in [0.29, 0.717) is 13.0 Å². The lowest BCUT2D eigenvalue weighted by Gasteiger charge is -2.62. The van der Waals surface area contributed by atoms with Gasteiger partial charge in [0.2, 0.25) is 0 Å². The number of nitrogens with zero attached hydrogens (tertiary/aromatic N) is 4. The normalized spacial score (nSPS) is 31.4. The highest BCUT2D eigenvalue weighted by atomic mass is 35.5. The van der Waals surface area contributed by atoms with Crippen LogP contribution in [0.3, 0.4) is 0 Å². The molecule has 0 aromatic carbocycles. The number of aromatic nitrogens is 2. The lowest BCUT2D eigenvalue weighted by molar-refractivity contribution is 0.102. The summed E-state index contributed by atoms with van der Waals surface area (Å²) in [6.45, 7) is 6.16. The van der Waals surface area contributed by atoms with Gasteiger partial charge in [-0.2, -0.15) is 5.26 Å². The number of rotatable bonds is 3. The van der Waals surface area contributed by atoms with E-state index in [1.807, 2.05) is 19.9 Å². The van der Waals surface area contributed by atoms with Crippen molar-refractivity contribution < 1.29 is 13.7 Å². The Morgan fingerprint density at radius 3 is 2.75 bits per heavy atom. The molecule has 3 atom stereocenters. The zero-order chi connectivity index (χ0) is 26.1. The molecule has 0 bridgehead atoms. The van der Waals surface area contributed by atoms with Crippen LogP contribution < -0.4 is 15.8 Å². The fourth-order valence-corrected chi connectivity index (χ4v) is 8.94. The number of nitriles is 1. The van der Waals surface area contributed by atoms with E-state index >= 15 is 4.39 Å². The van der Waals surface area contributed by atoms with Crippen LogP contribution in [0, 0.1) is 22.6 Å². The lowest BCUT2D eigenvalue weighted by atomic mass is 9.84. The molecule has 9 nitrogen and oxygen atoms in total. The van der Waals surface area contributed by atoms with Gasteiger partial charge in [-0.1, -0.05) is 22.1 Å². The van der Waals surface area contributed by atoms with Crippen molar-refractivity contribution in [3.05, 3.63) is 52.2 Å². The van der Waals surface area contributed by atoms with Crippen molar-refractivity contribution in [2.45, 2.75) is 55.6 Å². The van der Waals surface area contributed by atoms with Crippen molar-refractivity contribution in [1.29, 1.82) is 5.26 Å². The molecule has 2 fully saturated rings. The summed E-state index contributed by atoms with van der Waals surface area (Å²) >= 11 is 6.12. The van der Waals surface area contributed by atoms with Crippen LogP contribution in [-0.2, 0) is 5.54 Å². The zero-order valence-electron chi connectivity index (χ0n) is 20.1. The van der Waals surface area contributed by atoms with Crippen LogP contribution in [-0.4, -0.2) is 42.8 Å². The lowest BCUT2D eigenvalue weighted by Crippen LogP contribution is -2.64. The van der Waals surface area contributed by atoms with Gasteiger partial charge in [-0.15, -0.1) is 0 Å². The van der Waals surface area contributed by atoms with Gasteiger partial charge in [-0.25, -0.2) is 14.4 Å². The van der Waals surface area contributed by atoms with Gasteiger partial charge in [0.1, 0.15) is 40.5 Å². The highest BCUT2D eigenvalue weighted by molar-refractivity contribution is 8.29. The summed E-state index contributed by atoms with van der Waals surface area (Å²) < 4.78 is 30.0. The number of carbonyl (C=O) groups excluding carboxylic acids is 1. The van der Waals surface area contributed by atoms with Gasteiger partial charge in [-0.05, 0) is 63.6 Å². The van der Waals surface area contributed by atoms with E-state index < -0.39 is 37.8 Å². The average Bonchev–Trinajstić information content (AvgIpc) is 3.59. The summed E-state index contributed by atoms with van der Waals surface area (Å²) in [5.41, 5.74) is 5.30. The first kappa shape index (κ1) is 24.9. The smallest absolute Gasteiger partial charge is 0.276 e. The quantitative estimate of drug-likeness (QED) is 0.466. The maximum atomic E-state index is 15.4. The van der Waals surface area contributed by atoms with Crippen molar-refractivity contribution >= 4 is 39.7 Å². The molecule has 190 valence electrons. The van der Waals surface area contributed by atoms with Gasteiger partial charge >= 0.3 is 0 Å². The number of amides is 1. The Balaban J connectivity index is 1.55. The molecule has 2 aliphatic heterocycles. The van der Waals surface area contributed by atoms with Crippen LogP contribution in [0.25, 0.3) is 0 Å². The Hall–Kier alpha value is -2.78. The molecule has 12 heteroatoms. The second-order valence-corrected chi connectivity index (χ2v) is 14.0. The van der Waals surface area contributed by atoms with Gasteiger partial charge < -0.3 is 15.6 Å². The van der Waals surface area contributed by atoms with Crippen molar-refractivity contribution in [3.8, 4) is 6.07 Å².